The molecular formula is C75H132N6O15. The first-order valence-corrected chi connectivity index (χ1v) is 35.4. The maximum atomic E-state index is 13.1. The number of hydroxylamine groups is 2. The monoisotopic (exact) mass is 1360 g/mol. The Morgan fingerprint density at radius 1 is 0.479 bits per heavy atom. The van der Waals surface area contributed by atoms with Crippen LogP contribution in [0.15, 0.2) is 50.6 Å². The Bertz CT molecular complexity index is 2210. The summed E-state index contributed by atoms with van der Waals surface area (Å²) < 4.78 is 0. The van der Waals surface area contributed by atoms with Gasteiger partial charge in [-0.25, -0.2) is 9.59 Å². The number of carbonyl (C=O) groups is 12. The normalized spacial score (nSPS) is 17.4. The minimum Gasteiger partial charge on any atom is -0.481 e. The summed E-state index contributed by atoms with van der Waals surface area (Å²) in [5, 5.41) is 20.3. The third kappa shape index (κ3) is 55.5. The highest BCUT2D eigenvalue weighted by molar-refractivity contribution is 6.02. The molecule has 2 aliphatic carbocycles. The SMILES string of the molecule is C=CC(=O)N(C)C.C=CC(=O)O.C=CC(=O)ON1C(=O)CCC1=O.C=CC(C)=O.CC(=O)C(C)CC(CC(C)C(=O)NC1CCCCCCCCCCCCCC1)C(=O)N(C)C.CC(=O)C(C)CC(CC(C)C(=O)O)C(=O)N(C)C.NC1CCCCCCCCCCCCCC1. The molecule has 1 saturated heterocycles. The molecular weight excluding hydrogens is 1220 g/mol. The number of Topliss-reactive ketones (excluding diaryl/α,β-unsaturated/α-hetero) is 2. The molecule has 21 heteroatoms. The third-order valence-corrected chi connectivity index (χ3v) is 16.9. The van der Waals surface area contributed by atoms with E-state index in [9.17, 15) is 57.5 Å². The van der Waals surface area contributed by atoms with Crippen LogP contribution in [0.25, 0.3) is 0 Å². The fourth-order valence-electron chi connectivity index (χ4n) is 10.4. The topological polar surface area (TPSA) is 306 Å². The summed E-state index contributed by atoms with van der Waals surface area (Å²) in [5.41, 5.74) is 6.12. The number of likely N-dealkylation sites (N-methyl/N-ethyl adjacent to an activating group) is 1. The largest absolute Gasteiger partial charge is 0.481 e. The minimum absolute atomic E-state index is 0.0108. The molecule has 0 radical (unpaired) electrons. The number of rotatable bonds is 20. The lowest BCUT2D eigenvalue weighted by atomic mass is 9.85. The molecule has 6 atom stereocenters. The highest BCUT2D eigenvalue weighted by Crippen LogP contribution is 2.26. The van der Waals surface area contributed by atoms with Gasteiger partial charge in [0.2, 0.25) is 23.6 Å². The van der Waals surface area contributed by atoms with E-state index >= 15 is 0 Å². The fraction of sp³-hybridized carbons (Fsp3) is 0.733. The number of allylic oxidation sites excluding steroid dienone is 1. The Balaban J connectivity index is -0.000000570. The second-order valence-electron chi connectivity index (χ2n) is 26.6. The molecule has 0 spiro atoms. The number of hydrogen-bond acceptors (Lipinski definition) is 14. The lowest BCUT2D eigenvalue weighted by molar-refractivity contribution is -0.193. The number of carboxylic acid groups (broad SMARTS) is 2. The Labute approximate surface area is 579 Å². The highest BCUT2D eigenvalue weighted by Gasteiger charge is 2.33. The predicted octanol–water partition coefficient (Wildman–Crippen LogP) is 13.6. The first-order valence-electron chi connectivity index (χ1n) is 35.4. The first kappa shape index (κ1) is 95.8. The van der Waals surface area contributed by atoms with Crippen molar-refractivity contribution in [1.29, 1.82) is 0 Å². The van der Waals surface area contributed by atoms with Gasteiger partial charge in [0.05, 0.1) is 5.92 Å². The smallest absolute Gasteiger partial charge is 0.356 e. The van der Waals surface area contributed by atoms with Gasteiger partial charge in [-0.05, 0) is 84.3 Å². The zero-order valence-electron chi connectivity index (χ0n) is 61.9. The van der Waals surface area contributed by atoms with Crippen LogP contribution in [-0.4, -0.2) is 155 Å². The summed E-state index contributed by atoms with van der Waals surface area (Å²) in [6.07, 6.45) is 43.7. The fourth-order valence-corrected chi connectivity index (χ4v) is 10.4. The van der Waals surface area contributed by atoms with Gasteiger partial charge in [0.15, 0.2) is 5.78 Å². The predicted molar refractivity (Wildman–Crippen MR) is 383 cm³/mol. The summed E-state index contributed by atoms with van der Waals surface area (Å²) in [5.74, 6) is -5.57. The molecule has 3 aliphatic rings. The molecule has 6 amide bonds. The molecule has 0 bridgehead atoms. The number of carboxylic acids is 2. The molecule has 2 saturated carbocycles. The second-order valence-corrected chi connectivity index (χ2v) is 26.6. The molecule has 1 aliphatic heterocycles. The number of amides is 6. The Kier molecular flexibility index (Phi) is 60.6. The standard InChI is InChI=1S/C28H52N2O3.C15H31N.C13H23NO4.C7H7NO4.C5H9NO.C4H6O.C3H4O2/c1-22(24(3)31)20-25(28(33)30(4)5)21-23(2)27(32)29-26-18-16-14-12-10-8-6-7-9-11-13-15-17-19-26;16-15-13-11-9-7-5-3-1-2-4-6-8-10-12-14-15;1-8(10(3)15)6-11(12(16)14(4)5)7-9(2)13(17)18;1-2-7(11)12-8-5(9)3-4-6(8)10;1-4-5(7)6(2)3;1-3-4(2)5;1-2-3(4)5/h22-23,25-26H,6-21H2,1-5H3,(H,29,32);15H,1-14,16H2;8-9,11H,6-7H2,1-5H3,(H,17,18);2H,1,3-4H2;4H,1H2,2-3H3;3H,1H2,2H3;2H,1H2,(H,4,5). The molecule has 1 heterocycles. The molecule has 5 N–H and O–H groups in total. The van der Waals surface area contributed by atoms with E-state index < -0.39 is 41.6 Å². The van der Waals surface area contributed by atoms with Crippen LogP contribution in [0.5, 0.6) is 0 Å². The molecule has 3 fully saturated rings. The number of carbonyl (C=O) groups excluding carboxylic acids is 10. The number of aliphatic carboxylic acids is 2. The van der Waals surface area contributed by atoms with Crippen molar-refractivity contribution in [3.05, 3.63) is 50.6 Å². The number of nitrogens with two attached hydrogens (primary N) is 1. The van der Waals surface area contributed by atoms with Crippen molar-refractivity contribution < 1.29 is 72.6 Å². The van der Waals surface area contributed by atoms with Gasteiger partial charge in [0.25, 0.3) is 11.8 Å². The minimum atomic E-state index is -0.981. The van der Waals surface area contributed by atoms with Gasteiger partial charge in [-0.3, -0.25) is 47.9 Å². The van der Waals surface area contributed by atoms with E-state index in [1.165, 1.54) is 203 Å². The van der Waals surface area contributed by atoms with Crippen LogP contribution in [-0.2, 0) is 62.4 Å². The summed E-state index contributed by atoms with van der Waals surface area (Å²) in [6.45, 7) is 24.3. The van der Waals surface area contributed by atoms with Crippen molar-refractivity contribution in [2.24, 2.45) is 41.2 Å². The van der Waals surface area contributed by atoms with Crippen molar-refractivity contribution in [2.45, 2.75) is 279 Å². The van der Waals surface area contributed by atoms with Crippen molar-refractivity contribution >= 4 is 70.7 Å². The Morgan fingerprint density at radius 3 is 1.01 bits per heavy atom. The Morgan fingerprint density at radius 2 is 0.771 bits per heavy atom. The van der Waals surface area contributed by atoms with Crippen LogP contribution in [0.1, 0.15) is 267 Å². The summed E-state index contributed by atoms with van der Waals surface area (Å²) in [7, 11) is 10.1. The van der Waals surface area contributed by atoms with Gasteiger partial charge in [-0.1, -0.05) is 208 Å². The van der Waals surface area contributed by atoms with Gasteiger partial charge >= 0.3 is 17.9 Å². The van der Waals surface area contributed by atoms with Gasteiger partial charge < -0.3 is 40.8 Å². The molecule has 6 unspecified atom stereocenters. The number of nitrogens with zero attached hydrogens (tertiary/aromatic N) is 4. The van der Waals surface area contributed by atoms with Gasteiger partial charge in [-0.2, -0.15) is 0 Å². The van der Waals surface area contributed by atoms with Gasteiger partial charge in [0.1, 0.15) is 11.6 Å². The van der Waals surface area contributed by atoms with Gasteiger partial charge in [0, 0.05) is 109 Å². The lowest BCUT2D eigenvalue weighted by Gasteiger charge is -2.26. The molecule has 0 aromatic heterocycles. The van der Waals surface area contributed by atoms with Crippen molar-refractivity contribution in [1.82, 2.24) is 25.1 Å². The highest BCUT2D eigenvalue weighted by atomic mass is 16.7. The number of hydrogen-bond donors (Lipinski definition) is 4. The zero-order chi connectivity index (χ0) is 74.1. The third-order valence-electron chi connectivity index (χ3n) is 16.9. The van der Waals surface area contributed by atoms with Crippen LogP contribution in [0.2, 0.25) is 0 Å². The van der Waals surface area contributed by atoms with E-state index in [2.05, 4.69) is 36.5 Å². The van der Waals surface area contributed by atoms with Crippen LogP contribution in [0.4, 0.5) is 0 Å². The average molecular weight is 1360 g/mol. The molecule has 0 aromatic rings. The maximum absolute atomic E-state index is 13.1. The molecule has 96 heavy (non-hydrogen) atoms. The second kappa shape index (κ2) is 60.7. The van der Waals surface area contributed by atoms with E-state index in [0.717, 1.165) is 25.0 Å². The quantitative estimate of drug-likeness (QED) is 0.0650. The maximum Gasteiger partial charge on any atom is 0.356 e. The van der Waals surface area contributed by atoms with E-state index in [4.69, 9.17) is 15.9 Å². The van der Waals surface area contributed by atoms with Crippen molar-refractivity contribution in [3.8, 4) is 0 Å². The van der Waals surface area contributed by atoms with E-state index in [-0.39, 0.29) is 90.0 Å². The van der Waals surface area contributed by atoms with Crippen LogP contribution >= 0.6 is 0 Å². The van der Waals surface area contributed by atoms with Crippen LogP contribution in [0.3, 0.4) is 0 Å². The number of ketones is 3. The summed E-state index contributed by atoms with van der Waals surface area (Å²) >= 11 is 0. The molecule has 21 nitrogen and oxygen atoms in total. The zero-order valence-corrected chi connectivity index (χ0v) is 61.9. The van der Waals surface area contributed by atoms with E-state index in [1.54, 1.807) is 68.0 Å². The summed E-state index contributed by atoms with van der Waals surface area (Å²) in [4.78, 5) is 142. The molecule has 0 aromatic carbocycles. The van der Waals surface area contributed by atoms with Crippen molar-refractivity contribution in [3.63, 3.8) is 0 Å². The number of nitrogens with one attached hydrogen (secondary N) is 1. The lowest BCUT2D eigenvalue weighted by Crippen LogP contribution is -2.40. The molecule has 552 valence electrons. The number of imide groups is 1. The Hall–Kier alpha value is -6.64. The van der Waals surface area contributed by atoms with Crippen molar-refractivity contribution in [2.75, 3.05) is 42.3 Å². The van der Waals surface area contributed by atoms with Crippen LogP contribution < -0.4 is 11.1 Å². The van der Waals surface area contributed by atoms with Crippen LogP contribution in [0, 0.1) is 35.5 Å². The first-order chi connectivity index (χ1) is 45.1. The van der Waals surface area contributed by atoms with E-state index in [1.807, 2.05) is 13.8 Å². The average Bonchev–Trinajstić information content (AvgIpc) is 1.58. The van der Waals surface area contributed by atoms with E-state index in [0.29, 0.717) is 30.4 Å². The van der Waals surface area contributed by atoms with Gasteiger partial charge in [-0.15, -0.1) is 5.06 Å². The summed E-state index contributed by atoms with van der Waals surface area (Å²) in [6, 6.07) is 0.731. The molecule has 3 rings (SSSR count).